The van der Waals surface area contributed by atoms with Crippen LogP contribution >= 0.6 is 0 Å². The minimum atomic E-state index is -0.914. The summed E-state index contributed by atoms with van der Waals surface area (Å²) in [6, 6.07) is 1.09. The molecule has 1 aromatic heterocycles. The first-order valence-corrected chi connectivity index (χ1v) is 4.15. The number of carbonyl (C=O) groups excluding carboxylic acids is 2. The summed E-state index contributed by atoms with van der Waals surface area (Å²) in [5, 5.41) is 8.65. The van der Waals surface area contributed by atoms with Gasteiger partial charge >= 0.3 is 0 Å². The second-order valence-corrected chi connectivity index (χ2v) is 3.00. The van der Waals surface area contributed by atoms with E-state index in [1.54, 1.807) is 0 Å². The van der Waals surface area contributed by atoms with E-state index in [4.69, 9.17) is 10.8 Å². The van der Waals surface area contributed by atoms with Gasteiger partial charge < -0.3 is 15.8 Å². The van der Waals surface area contributed by atoms with Gasteiger partial charge in [0.1, 0.15) is 12.2 Å². The van der Waals surface area contributed by atoms with Crippen molar-refractivity contribution >= 4 is 11.7 Å². The third-order valence-electron chi connectivity index (χ3n) is 1.95. The molecule has 0 unspecified atom stereocenters. The molecule has 0 radical (unpaired) electrons. The van der Waals surface area contributed by atoms with Crippen LogP contribution in [0, 0.1) is 6.92 Å². The van der Waals surface area contributed by atoms with Crippen molar-refractivity contribution in [2.45, 2.75) is 6.92 Å². The van der Waals surface area contributed by atoms with Gasteiger partial charge in [-0.15, -0.1) is 0 Å². The third kappa shape index (κ3) is 2.10. The first-order valence-electron chi connectivity index (χ1n) is 4.15. The number of Topliss-reactive ketones (excluding diaryl/α,β-unsaturated/α-hetero) is 1. The molecule has 0 aliphatic carbocycles. The summed E-state index contributed by atoms with van der Waals surface area (Å²) in [6.45, 7) is 0.806. The van der Waals surface area contributed by atoms with Crippen LogP contribution in [0.3, 0.4) is 0 Å². The quantitative estimate of drug-likeness (QED) is 0.553. The van der Waals surface area contributed by atoms with Crippen molar-refractivity contribution in [3.63, 3.8) is 0 Å². The highest BCUT2D eigenvalue weighted by atomic mass is 16.3. The number of aromatic amines is 1. The summed E-state index contributed by atoms with van der Waals surface area (Å²) in [6.07, 6.45) is 0. The van der Waals surface area contributed by atoms with Crippen LogP contribution in [-0.4, -0.2) is 28.4 Å². The number of rotatable bonds is 3. The van der Waals surface area contributed by atoms with Gasteiger partial charge in [-0.05, 0) is 13.0 Å². The fraction of sp³-hybridized carbons (Fsp3) is 0.222. The third-order valence-corrected chi connectivity index (χ3v) is 1.95. The number of carbonyl (C=O) groups is 2. The zero-order valence-electron chi connectivity index (χ0n) is 8.03. The van der Waals surface area contributed by atoms with E-state index in [9.17, 15) is 14.4 Å². The standard InChI is InChI=1S/C9H10N2O4/c1-4-5(7(13)3-12)2-6(8(10)14)9(15)11-4/h2,12H,3H2,1H3,(H2,10,14)(H,11,15). The van der Waals surface area contributed by atoms with E-state index < -0.39 is 23.9 Å². The van der Waals surface area contributed by atoms with E-state index in [-0.39, 0.29) is 11.1 Å². The van der Waals surface area contributed by atoms with Crippen LogP contribution in [-0.2, 0) is 0 Å². The van der Waals surface area contributed by atoms with Gasteiger partial charge in [0.15, 0.2) is 5.78 Å². The SMILES string of the molecule is Cc1[nH]c(=O)c(C(N)=O)cc1C(=O)CO. The molecule has 6 heteroatoms. The molecule has 0 saturated carbocycles. The molecule has 1 rings (SSSR count). The lowest BCUT2D eigenvalue weighted by Crippen LogP contribution is -2.26. The number of primary amides is 1. The Kier molecular flexibility index (Phi) is 3.01. The van der Waals surface area contributed by atoms with Gasteiger partial charge in [0.05, 0.1) is 0 Å². The number of aliphatic hydroxyl groups is 1. The number of aromatic nitrogens is 1. The molecule has 0 aliphatic rings. The lowest BCUT2D eigenvalue weighted by Gasteiger charge is -2.04. The van der Waals surface area contributed by atoms with Gasteiger partial charge in [-0.3, -0.25) is 14.4 Å². The monoisotopic (exact) mass is 210 g/mol. The Morgan fingerprint density at radius 1 is 1.47 bits per heavy atom. The smallest absolute Gasteiger partial charge is 0.261 e. The number of amides is 1. The highest BCUT2D eigenvalue weighted by molar-refractivity contribution is 6.01. The Hall–Kier alpha value is -1.95. The zero-order valence-corrected chi connectivity index (χ0v) is 8.03. The van der Waals surface area contributed by atoms with Crippen LogP contribution in [0.15, 0.2) is 10.9 Å². The molecule has 80 valence electrons. The molecule has 0 saturated heterocycles. The molecule has 1 heterocycles. The van der Waals surface area contributed by atoms with Crippen LogP contribution in [0.4, 0.5) is 0 Å². The Bertz CT molecular complexity index is 475. The number of hydrogen-bond acceptors (Lipinski definition) is 4. The number of aliphatic hydroxyl groups excluding tert-OH is 1. The maximum Gasteiger partial charge on any atom is 0.261 e. The van der Waals surface area contributed by atoms with Crippen LogP contribution in [0.1, 0.15) is 26.4 Å². The summed E-state index contributed by atoms with van der Waals surface area (Å²) < 4.78 is 0. The van der Waals surface area contributed by atoms with Crippen LogP contribution < -0.4 is 11.3 Å². The molecular weight excluding hydrogens is 200 g/mol. The Morgan fingerprint density at radius 3 is 2.53 bits per heavy atom. The number of aryl methyl sites for hydroxylation is 1. The van der Waals surface area contributed by atoms with Crippen LogP contribution in [0.25, 0.3) is 0 Å². The van der Waals surface area contributed by atoms with Gasteiger partial charge in [0, 0.05) is 11.3 Å². The topological polar surface area (TPSA) is 113 Å². The molecule has 15 heavy (non-hydrogen) atoms. The highest BCUT2D eigenvalue weighted by Gasteiger charge is 2.14. The number of nitrogens with one attached hydrogen (secondary N) is 1. The molecule has 0 aliphatic heterocycles. The first kappa shape index (κ1) is 11.1. The molecule has 4 N–H and O–H groups in total. The molecule has 6 nitrogen and oxygen atoms in total. The maximum atomic E-state index is 11.2. The maximum absolute atomic E-state index is 11.2. The van der Waals surface area contributed by atoms with Crippen molar-refractivity contribution < 1.29 is 14.7 Å². The van der Waals surface area contributed by atoms with Gasteiger partial charge in [0.2, 0.25) is 0 Å². The van der Waals surface area contributed by atoms with Gasteiger partial charge in [-0.2, -0.15) is 0 Å². The van der Waals surface area contributed by atoms with Crippen molar-refractivity contribution in [3.05, 3.63) is 33.2 Å². The zero-order chi connectivity index (χ0) is 11.6. The average molecular weight is 210 g/mol. The van der Waals surface area contributed by atoms with Crippen molar-refractivity contribution in [3.8, 4) is 0 Å². The summed E-state index contributed by atoms with van der Waals surface area (Å²) in [4.78, 5) is 35.6. The molecule has 1 aromatic rings. The summed E-state index contributed by atoms with van der Waals surface area (Å²) in [5.74, 6) is -1.49. The van der Waals surface area contributed by atoms with Crippen LogP contribution in [0.2, 0.25) is 0 Å². The Morgan fingerprint density at radius 2 is 2.07 bits per heavy atom. The second kappa shape index (κ2) is 4.05. The van der Waals surface area contributed by atoms with Gasteiger partial charge in [-0.25, -0.2) is 0 Å². The fourth-order valence-corrected chi connectivity index (χ4v) is 1.18. The molecule has 0 atom stereocenters. The largest absolute Gasteiger partial charge is 0.388 e. The van der Waals surface area contributed by atoms with E-state index in [0.29, 0.717) is 5.69 Å². The second-order valence-electron chi connectivity index (χ2n) is 3.00. The van der Waals surface area contributed by atoms with E-state index in [2.05, 4.69) is 4.98 Å². The predicted molar refractivity (Wildman–Crippen MR) is 51.7 cm³/mol. The minimum Gasteiger partial charge on any atom is -0.388 e. The van der Waals surface area contributed by atoms with E-state index in [1.165, 1.54) is 6.92 Å². The predicted octanol–water partition coefficient (Wildman–Crippen LogP) is -1.04. The Balaban J connectivity index is 3.43. The molecule has 0 aromatic carbocycles. The average Bonchev–Trinajstić information content (AvgIpc) is 2.16. The molecule has 0 bridgehead atoms. The van der Waals surface area contributed by atoms with Crippen molar-refractivity contribution in [1.29, 1.82) is 0 Å². The molecular formula is C9H10N2O4. The first-order chi connectivity index (χ1) is 6.97. The van der Waals surface area contributed by atoms with Crippen molar-refractivity contribution in [2.75, 3.05) is 6.61 Å². The molecule has 0 fully saturated rings. The number of pyridine rings is 1. The van der Waals surface area contributed by atoms with Gasteiger partial charge in [-0.1, -0.05) is 0 Å². The summed E-state index contributed by atoms with van der Waals surface area (Å²) in [5.41, 5.74) is 4.39. The number of ketones is 1. The van der Waals surface area contributed by atoms with E-state index in [1.807, 2.05) is 0 Å². The minimum absolute atomic E-state index is 0.0888. The van der Waals surface area contributed by atoms with Crippen LogP contribution in [0.5, 0.6) is 0 Å². The number of nitrogens with two attached hydrogens (primary N) is 1. The van der Waals surface area contributed by atoms with Crippen molar-refractivity contribution in [1.82, 2.24) is 4.98 Å². The lowest BCUT2D eigenvalue weighted by molar-refractivity contribution is 0.0902. The molecule has 0 spiro atoms. The van der Waals surface area contributed by atoms with E-state index >= 15 is 0 Å². The number of hydrogen-bond donors (Lipinski definition) is 3. The summed E-state index contributed by atoms with van der Waals surface area (Å²) in [7, 11) is 0. The lowest BCUT2D eigenvalue weighted by atomic mass is 10.1. The van der Waals surface area contributed by atoms with Crippen molar-refractivity contribution in [2.24, 2.45) is 5.73 Å². The highest BCUT2D eigenvalue weighted by Crippen LogP contribution is 2.05. The van der Waals surface area contributed by atoms with E-state index in [0.717, 1.165) is 6.07 Å². The number of H-pyrrole nitrogens is 1. The Labute approximate surface area is 84.7 Å². The normalized spacial score (nSPS) is 10.0. The summed E-state index contributed by atoms with van der Waals surface area (Å²) >= 11 is 0. The fourth-order valence-electron chi connectivity index (χ4n) is 1.18. The molecule has 1 amide bonds. The van der Waals surface area contributed by atoms with Gasteiger partial charge in [0.25, 0.3) is 11.5 Å².